The highest BCUT2D eigenvalue weighted by atomic mass is 16.1. The van der Waals surface area contributed by atoms with Gasteiger partial charge in [-0.3, -0.25) is 9.28 Å². The zero-order chi connectivity index (χ0) is 10.9. The monoisotopic (exact) mass is 200 g/mol. The molecular weight excluding hydrogens is 186 g/mol. The van der Waals surface area contributed by atoms with E-state index in [-0.39, 0.29) is 5.78 Å². The molecule has 76 valence electrons. The lowest BCUT2D eigenvalue weighted by Crippen LogP contribution is -2.30. The summed E-state index contributed by atoms with van der Waals surface area (Å²) in [7, 11) is 4.07. The minimum atomic E-state index is 0.0821. The van der Waals surface area contributed by atoms with Crippen LogP contribution in [-0.4, -0.2) is 24.4 Å². The summed E-state index contributed by atoms with van der Waals surface area (Å²) in [6.07, 6.45) is 5.49. The number of rotatable bonds is 1. The van der Waals surface area contributed by atoms with Crippen molar-refractivity contribution in [2.45, 2.75) is 0 Å². The Morgan fingerprint density at radius 2 is 1.73 bits per heavy atom. The highest BCUT2D eigenvalue weighted by molar-refractivity contribution is 6.26. The van der Waals surface area contributed by atoms with Crippen molar-refractivity contribution in [2.75, 3.05) is 14.1 Å². The molecule has 2 nitrogen and oxygen atoms in total. The third-order valence-electron chi connectivity index (χ3n) is 2.42. The number of quaternary nitrogens is 1. The Hall–Kier alpha value is -1.67. The van der Waals surface area contributed by atoms with E-state index < -0.39 is 0 Å². The molecule has 0 atom stereocenters. The van der Waals surface area contributed by atoms with Crippen LogP contribution in [0.2, 0.25) is 0 Å². The summed E-state index contributed by atoms with van der Waals surface area (Å²) in [4.78, 5) is 11.7. The predicted octanol–water partition coefficient (Wildman–Crippen LogP) is 2.20. The van der Waals surface area contributed by atoms with Gasteiger partial charge in [-0.05, 0) is 5.56 Å². The molecule has 0 saturated heterocycles. The molecule has 1 aliphatic rings. The van der Waals surface area contributed by atoms with E-state index in [1.54, 1.807) is 6.08 Å². The Bertz CT molecular complexity index is 441. The van der Waals surface area contributed by atoms with E-state index in [0.29, 0.717) is 4.48 Å². The SMILES string of the molecule is C[N+]1(C)C=CC(=O)C(c2ccccc2)=C1. The van der Waals surface area contributed by atoms with E-state index in [2.05, 4.69) is 0 Å². The van der Waals surface area contributed by atoms with Gasteiger partial charge >= 0.3 is 0 Å². The Morgan fingerprint density at radius 3 is 2.40 bits per heavy atom. The van der Waals surface area contributed by atoms with E-state index in [1.165, 1.54) is 0 Å². The molecule has 0 saturated carbocycles. The molecule has 0 N–H and O–H groups in total. The molecule has 0 unspecified atom stereocenters. The Kier molecular flexibility index (Phi) is 2.29. The van der Waals surface area contributed by atoms with Crippen LogP contribution in [0.15, 0.2) is 48.8 Å². The summed E-state index contributed by atoms with van der Waals surface area (Å²) in [5.74, 6) is 0.0821. The van der Waals surface area contributed by atoms with Gasteiger partial charge < -0.3 is 0 Å². The lowest BCUT2D eigenvalue weighted by atomic mass is 10.0. The number of carbonyl (C=O) groups is 1. The lowest BCUT2D eigenvalue weighted by molar-refractivity contribution is -0.783. The Morgan fingerprint density at radius 1 is 1.07 bits per heavy atom. The van der Waals surface area contributed by atoms with Crippen LogP contribution in [-0.2, 0) is 4.79 Å². The summed E-state index contributed by atoms with van der Waals surface area (Å²) >= 11 is 0. The quantitative estimate of drug-likeness (QED) is 0.635. The van der Waals surface area contributed by atoms with Crippen molar-refractivity contribution in [3.8, 4) is 0 Å². The van der Waals surface area contributed by atoms with Gasteiger partial charge in [-0.25, -0.2) is 0 Å². The average molecular weight is 200 g/mol. The summed E-state index contributed by atoms with van der Waals surface area (Å²) in [6, 6.07) is 9.77. The molecule has 2 rings (SSSR count). The number of ketones is 1. The Balaban J connectivity index is 2.45. The first-order valence-corrected chi connectivity index (χ1v) is 4.94. The standard InChI is InChI=1S/C13H14NO/c1-14(2)9-8-13(15)12(10-14)11-6-4-3-5-7-11/h3-10H,1-2H3/q+1. The maximum absolute atomic E-state index is 11.7. The second-order valence-electron chi connectivity index (χ2n) is 4.22. The Labute approximate surface area is 89.7 Å². The van der Waals surface area contributed by atoms with Crippen molar-refractivity contribution in [3.63, 3.8) is 0 Å². The first kappa shape index (κ1) is 9.87. The van der Waals surface area contributed by atoms with E-state index in [0.717, 1.165) is 11.1 Å². The fraction of sp³-hybridized carbons (Fsp3) is 0.154. The minimum absolute atomic E-state index is 0.0821. The van der Waals surface area contributed by atoms with Gasteiger partial charge in [0.2, 0.25) is 0 Å². The normalized spacial score (nSPS) is 18.8. The van der Waals surface area contributed by atoms with Crippen LogP contribution in [0.25, 0.3) is 5.57 Å². The van der Waals surface area contributed by atoms with Crippen molar-refractivity contribution < 1.29 is 9.28 Å². The van der Waals surface area contributed by atoms with Crippen molar-refractivity contribution in [1.82, 2.24) is 0 Å². The predicted molar refractivity (Wildman–Crippen MR) is 60.7 cm³/mol. The largest absolute Gasteiger partial charge is 0.289 e. The van der Waals surface area contributed by atoms with E-state index in [9.17, 15) is 4.79 Å². The van der Waals surface area contributed by atoms with Gasteiger partial charge in [0, 0.05) is 6.08 Å². The highest BCUT2D eigenvalue weighted by Gasteiger charge is 2.21. The van der Waals surface area contributed by atoms with Crippen molar-refractivity contribution in [3.05, 3.63) is 54.4 Å². The van der Waals surface area contributed by atoms with Gasteiger partial charge in [0.15, 0.2) is 5.78 Å². The molecule has 0 spiro atoms. The molecule has 0 amide bonds. The molecule has 0 radical (unpaired) electrons. The number of carbonyl (C=O) groups excluding carboxylic acids is 1. The molecule has 0 bridgehead atoms. The van der Waals surface area contributed by atoms with Crippen molar-refractivity contribution in [2.24, 2.45) is 0 Å². The summed E-state index contributed by atoms with van der Waals surface area (Å²) in [6.45, 7) is 0. The number of hydrogen-bond donors (Lipinski definition) is 0. The van der Waals surface area contributed by atoms with Gasteiger partial charge in [0.25, 0.3) is 0 Å². The molecule has 0 aliphatic carbocycles. The first-order valence-electron chi connectivity index (χ1n) is 4.94. The zero-order valence-electron chi connectivity index (χ0n) is 8.97. The van der Waals surface area contributed by atoms with Gasteiger partial charge in [0.05, 0.1) is 19.7 Å². The number of benzene rings is 1. The molecular formula is C13H14NO+. The molecule has 2 heteroatoms. The lowest BCUT2D eigenvalue weighted by Gasteiger charge is -2.23. The van der Waals surface area contributed by atoms with Gasteiger partial charge in [-0.2, -0.15) is 0 Å². The van der Waals surface area contributed by atoms with E-state index >= 15 is 0 Å². The number of allylic oxidation sites excluding steroid dienone is 2. The topological polar surface area (TPSA) is 17.1 Å². The fourth-order valence-corrected chi connectivity index (χ4v) is 1.62. The summed E-state index contributed by atoms with van der Waals surface area (Å²) < 4.78 is 0.607. The zero-order valence-corrected chi connectivity index (χ0v) is 8.97. The molecule has 1 aromatic carbocycles. The average Bonchev–Trinajstić information content (AvgIpc) is 2.23. The number of nitrogens with zero attached hydrogens (tertiary/aromatic N) is 1. The molecule has 0 aromatic heterocycles. The third-order valence-corrected chi connectivity index (χ3v) is 2.42. The second-order valence-corrected chi connectivity index (χ2v) is 4.22. The van der Waals surface area contributed by atoms with Crippen LogP contribution in [0.1, 0.15) is 5.56 Å². The number of hydrogen-bond acceptors (Lipinski definition) is 1. The molecule has 15 heavy (non-hydrogen) atoms. The second kappa shape index (κ2) is 3.48. The van der Waals surface area contributed by atoms with Crippen molar-refractivity contribution in [1.29, 1.82) is 0 Å². The van der Waals surface area contributed by atoms with Crippen molar-refractivity contribution >= 4 is 11.4 Å². The first-order chi connectivity index (χ1) is 7.08. The van der Waals surface area contributed by atoms with Crippen LogP contribution < -0.4 is 0 Å². The maximum Gasteiger partial charge on any atom is 0.197 e. The van der Waals surface area contributed by atoms with Crippen LogP contribution >= 0.6 is 0 Å². The maximum atomic E-state index is 11.7. The molecule has 1 aliphatic heterocycles. The molecule has 0 fully saturated rings. The van der Waals surface area contributed by atoms with Crippen LogP contribution in [0.5, 0.6) is 0 Å². The van der Waals surface area contributed by atoms with Crippen LogP contribution in [0, 0.1) is 0 Å². The van der Waals surface area contributed by atoms with Crippen LogP contribution in [0.3, 0.4) is 0 Å². The van der Waals surface area contributed by atoms with Crippen LogP contribution in [0.4, 0.5) is 0 Å². The van der Waals surface area contributed by atoms with E-state index in [1.807, 2.05) is 56.8 Å². The van der Waals surface area contributed by atoms with E-state index in [4.69, 9.17) is 0 Å². The summed E-state index contributed by atoms with van der Waals surface area (Å²) in [5, 5.41) is 0. The highest BCUT2D eigenvalue weighted by Crippen LogP contribution is 2.22. The van der Waals surface area contributed by atoms with Gasteiger partial charge in [-0.15, -0.1) is 0 Å². The molecule has 1 heterocycles. The fourth-order valence-electron chi connectivity index (χ4n) is 1.62. The summed E-state index contributed by atoms with van der Waals surface area (Å²) in [5.41, 5.74) is 1.76. The minimum Gasteiger partial charge on any atom is -0.289 e. The smallest absolute Gasteiger partial charge is 0.197 e. The van der Waals surface area contributed by atoms with Gasteiger partial charge in [-0.1, -0.05) is 30.3 Å². The van der Waals surface area contributed by atoms with Gasteiger partial charge in [0.1, 0.15) is 12.4 Å². The third kappa shape index (κ3) is 2.05. The molecule has 1 aromatic rings.